The van der Waals surface area contributed by atoms with E-state index in [1.54, 1.807) is 12.4 Å². The molecule has 2 aromatic heterocycles. The third-order valence-electron chi connectivity index (χ3n) is 2.84. The summed E-state index contributed by atoms with van der Waals surface area (Å²) >= 11 is 0. The highest BCUT2D eigenvalue weighted by Crippen LogP contribution is 2.28. The van der Waals surface area contributed by atoms with E-state index in [2.05, 4.69) is 25.5 Å². The number of amides is 1. The van der Waals surface area contributed by atoms with Gasteiger partial charge >= 0.3 is 0 Å². The second-order valence-corrected chi connectivity index (χ2v) is 4.30. The van der Waals surface area contributed by atoms with Gasteiger partial charge in [-0.3, -0.25) is 9.89 Å². The number of ether oxygens (including phenoxy) is 1. The molecule has 1 aliphatic rings. The molecule has 12 heteroatoms. The first-order valence-electron chi connectivity index (χ1n) is 6.18. The summed E-state index contributed by atoms with van der Waals surface area (Å²) in [5.74, 6) is -1.03. The maximum absolute atomic E-state index is 10.8. The van der Waals surface area contributed by atoms with Gasteiger partial charge in [0.25, 0.3) is 5.91 Å². The van der Waals surface area contributed by atoms with Crippen LogP contribution in [0.25, 0.3) is 0 Å². The second kappa shape index (κ2) is 7.04. The summed E-state index contributed by atoms with van der Waals surface area (Å²) in [6, 6.07) is 0. The number of nitrogens with zero attached hydrogens (tertiary/aromatic N) is 5. The van der Waals surface area contributed by atoms with E-state index in [-0.39, 0.29) is 5.82 Å². The number of nitrogens with one attached hydrogen (secondary N) is 1. The van der Waals surface area contributed by atoms with Crippen molar-refractivity contribution in [3.63, 3.8) is 0 Å². The predicted octanol–water partition coefficient (Wildman–Crippen LogP) is -3.21. The maximum atomic E-state index is 10.8. The van der Waals surface area contributed by atoms with Crippen molar-refractivity contribution in [2.45, 2.75) is 24.5 Å². The van der Waals surface area contributed by atoms with Gasteiger partial charge in [0.2, 0.25) is 5.82 Å². The van der Waals surface area contributed by atoms with Gasteiger partial charge in [-0.15, -0.1) is 10.2 Å². The Morgan fingerprint density at radius 2 is 2.23 bits per heavy atom. The Labute approximate surface area is 123 Å². The molecule has 3 rings (SSSR count). The third kappa shape index (κ3) is 3.43. The molecule has 120 valence electrons. The summed E-state index contributed by atoms with van der Waals surface area (Å²) in [6.45, 7) is -0.438. The molecule has 1 saturated heterocycles. The standard InChI is InChI=1S/C8H12N4O5.C2H3N3/c9-6(16)7-10-2-12(11-7)8-5(15)4(14)3(1-13)17-8;1-2-4-5-3-1/h2-5,8,13-15H,1H2,(H2,9,16);1-2H,(H,3,4,5)/t3-,4-,5-,8-;/m1./s1. The number of H-pyrrole nitrogens is 1. The van der Waals surface area contributed by atoms with Crippen LogP contribution in [0.3, 0.4) is 0 Å². The zero-order valence-corrected chi connectivity index (χ0v) is 11.2. The molecule has 0 radical (unpaired) electrons. The number of carbonyl (C=O) groups excluding carboxylic acids is 1. The molecule has 0 unspecified atom stereocenters. The first-order valence-corrected chi connectivity index (χ1v) is 6.18. The first kappa shape index (κ1) is 16.0. The summed E-state index contributed by atoms with van der Waals surface area (Å²) in [4.78, 5) is 14.4. The lowest BCUT2D eigenvalue weighted by molar-refractivity contribution is -0.0588. The Morgan fingerprint density at radius 3 is 2.64 bits per heavy atom. The Bertz CT molecular complexity index is 571. The number of aromatic nitrogens is 6. The van der Waals surface area contributed by atoms with E-state index in [4.69, 9.17) is 15.6 Å². The van der Waals surface area contributed by atoms with Gasteiger partial charge in [-0.1, -0.05) is 5.21 Å². The van der Waals surface area contributed by atoms with Gasteiger partial charge in [-0.05, 0) is 0 Å². The van der Waals surface area contributed by atoms with Crippen LogP contribution in [0, 0.1) is 0 Å². The molecule has 1 fully saturated rings. The number of aliphatic hydroxyl groups is 3. The van der Waals surface area contributed by atoms with E-state index >= 15 is 0 Å². The van der Waals surface area contributed by atoms with E-state index in [1.807, 2.05) is 0 Å². The molecular formula is C10H15N7O5. The summed E-state index contributed by atoms with van der Waals surface area (Å²) in [5, 5.41) is 41.0. The molecule has 12 nitrogen and oxygen atoms in total. The van der Waals surface area contributed by atoms with Crippen LogP contribution in [0.2, 0.25) is 0 Å². The van der Waals surface area contributed by atoms with Crippen LogP contribution >= 0.6 is 0 Å². The first-order chi connectivity index (χ1) is 10.5. The van der Waals surface area contributed by atoms with Crippen LogP contribution in [0.15, 0.2) is 18.7 Å². The number of aromatic amines is 1. The number of nitrogens with two attached hydrogens (primary N) is 1. The van der Waals surface area contributed by atoms with Gasteiger partial charge in [0, 0.05) is 6.20 Å². The van der Waals surface area contributed by atoms with Crippen molar-refractivity contribution in [2.75, 3.05) is 6.61 Å². The van der Waals surface area contributed by atoms with Crippen molar-refractivity contribution in [1.82, 2.24) is 30.2 Å². The largest absolute Gasteiger partial charge is 0.394 e. The van der Waals surface area contributed by atoms with Crippen molar-refractivity contribution in [2.24, 2.45) is 5.73 Å². The molecule has 1 aliphatic heterocycles. The van der Waals surface area contributed by atoms with Gasteiger partial charge < -0.3 is 25.8 Å². The lowest BCUT2D eigenvalue weighted by Crippen LogP contribution is -2.33. The normalized spacial score (nSPS) is 27.2. The number of aliphatic hydroxyl groups excluding tert-OH is 3. The molecule has 22 heavy (non-hydrogen) atoms. The van der Waals surface area contributed by atoms with E-state index in [0.29, 0.717) is 0 Å². The Balaban J connectivity index is 0.000000299. The summed E-state index contributed by atoms with van der Waals surface area (Å²) in [7, 11) is 0. The lowest BCUT2D eigenvalue weighted by Gasteiger charge is -2.13. The SMILES string of the molecule is NC(=O)c1ncn([C@@H]2O[C@H](CO)[C@@H](O)[C@H]2O)n1.c1c[nH]nn1. The highest BCUT2D eigenvalue weighted by molar-refractivity contribution is 5.88. The fourth-order valence-electron chi connectivity index (χ4n) is 1.78. The number of hydrogen-bond acceptors (Lipinski definition) is 9. The monoisotopic (exact) mass is 313 g/mol. The van der Waals surface area contributed by atoms with E-state index in [0.717, 1.165) is 11.0 Å². The minimum atomic E-state index is -1.27. The molecule has 0 bridgehead atoms. The average molecular weight is 313 g/mol. The van der Waals surface area contributed by atoms with Gasteiger partial charge in [0.1, 0.15) is 24.6 Å². The number of hydrogen-bond donors (Lipinski definition) is 5. The van der Waals surface area contributed by atoms with Crippen LogP contribution in [-0.4, -0.2) is 76.3 Å². The van der Waals surface area contributed by atoms with Crippen LogP contribution in [-0.2, 0) is 4.74 Å². The van der Waals surface area contributed by atoms with Crippen LogP contribution in [0.1, 0.15) is 16.8 Å². The Morgan fingerprint density at radius 1 is 1.45 bits per heavy atom. The number of primary amides is 1. The molecular weight excluding hydrogens is 298 g/mol. The molecule has 0 aromatic carbocycles. The minimum Gasteiger partial charge on any atom is -0.394 e. The number of rotatable bonds is 3. The Hall–Kier alpha value is -2.41. The van der Waals surface area contributed by atoms with Crippen molar-refractivity contribution in [3.05, 3.63) is 24.5 Å². The molecule has 0 spiro atoms. The summed E-state index contributed by atoms with van der Waals surface area (Å²) in [6.07, 6.45) is -0.0275. The van der Waals surface area contributed by atoms with Crippen molar-refractivity contribution < 1.29 is 24.9 Å². The molecule has 4 atom stereocenters. The van der Waals surface area contributed by atoms with E-state index < -0.39 is 37.1 Å². The fraction of sp³-hybridized carbons (Fsp3) is 0.500. The molecule has 3 heterocycles. The summed E-state index contributed by atoms with van der Waals surface area (Å²) in [5.41, 5.74) is 4.97. The van der Waals surface area contributed by atoms with E-state index in [9.17, 15) is 15.0 Å². The highest BCUT2D eigenvalue weighted by atomic mass is 16.6. The van der Waals surface area contributed by atoms with Crippen LogP contribution in [0.4, 0.5) is 0 Å². The predicted molar refractivity (Wildman–Crippen MR) is 67.9 cm³/mol. The zero-order chi connectivity index (χ0) is 16.1. The quantitative estimate of drug-likeness (QED) is 0.389. The minimum absolute atomic E-state index is 0.220. The molecule has 1 amide bonds. The lowest BCUT2D eigenvalue weighted by atomic mass is 10.1. The Kier molecular flexibility index (Phi) is 5.11. The molecule has 0 aliphatic carbocycles. The molecule has 0 saturated carbocycles. The molecule has 2 aromatic rings. The van der Waals surface area contributed by atoms with Crippen molar-refractivity contribution in [1.29, 1.82) is 0 Å². The van der Waals surface area contributed by atoms with Gasteiger partial charge in [0.05, 0.1) is 12.8 Å². The highest BCUT2D eigenvalue weighted by Gasteiger charge is 2.43. The van der Waals surface area contributed by atoms with Gasteiger partial charge in [-0.2, -0.15) is 0 Å². The average Bonchev–Trinajstić information content (AvgIpc) is 3.23. The zero-order valence-electron chi connectivity index (χ0n) is 11.2. The third-order valence-corrected chi connectivity index (χ3v) is 2.84. The van der Waals surface area contributed by atoms with Crippen LogP contribution < -0.4 is 5.73 Å². The van der Waals surface area contributed by atoms with Crippen molar-refractivity contribution >= 4 is 5.91 Å². The molecule has 6 N–H and O–H groups in total. The van der Waals surface area contributed by atoms with E-state index in [1.165, 1.54) is 0 Å². The number of carbonyl (C=O) groups is 1. The fourth-order valence-corrected chi connectivity index (χ4v) is 1.78. The summed E-state index contributed by atoms with van der Waals surface area (Å²) < 4.78 is 6.25. The van der Waals surface area contributed by atoms with Gasteiger partial charge in [0.15, 0.2) is 6.23 Å². The van der Waals surface area contributed by atoms with Gasteiger partial charge in [-0.25, -0.2) is 9.67 Å². The maximum Gasteiger partial charge on any atom is 0.288 e. The smallest absolute Gasteiger partial charge is 0.288 e. The van der Waals surface area contributed by atoms with Crippen LogP contribution in [0.5, 0.6) is 0 Å². The second-order valence-electron chi connectivity index (χ2n) is 4.30. The topological polar surface area (TPSA) is 185 Å². The van der Waals surface area contributed by atoms with Crippen molar-refractivity contribution in [3.8, 4) is 0 Å².